The van der Waals surface area contributed by atoms with Crippen LogP contribution in [-0.2, 0) is 27.1 Å². The minimum Gasteiger partial charge on any atom is -0.497 e. The van der Waals surface area contributed by atoms with Crippen molar-refractivity contribution in [1.82, 2.24) is 4.57 Å². The third-order valence-corrected chi connectivity index (χ3v) is 10.2. The molecular weight excluding hydrogens is 639 g/mol. The minimum absolute atomic E-state index is 0.0824. The average Bonchev–Trinajstić information content (AvgIpc) is 3.43. The van der Waals surface area contributed by atoms with Gasteiger partial charge in [-0.1, -0.05) is 52.9 Å². The number of anilines is 2. The normalized spacial score (nSPS) is 19.5. The number of thioether (sulfide) groups is 1. The van der Waals surface area contributed by atoms with Gasteiger partial charge < -0.3 is 10.1 Å². The molecule has 4 aromatic rings. The van der Waals surface area contributed by atoms with Crippen molar-refractivity contribution in [1.29, 1.82) is 0 Å². The van der Waals surface area contributed by atoms with E-state index in [2.05, 4.69) is 5.32 Å². The van der Waals surface area contributed by atoms with Crippen molar-refractivity contribution < 1.29 is 32.3 Å². The highest BCUT2D eigenvalue weighted by molar-refractivity contribution is 8.00. The maximum Gasteiger partial charge on any atom is 0.416 e. The van der Waals surface area contributed by atoms with Gasteiger partial charge in [0.1, 0.15) is 17.5 Å². The van der Waals surface area contributed by atoms with Gasteiger partial charge in [-0.15, -0.1) is 0 Å². The van der Waals surface area contributed by atoms with Crippen molar-refractivity contribution in [3.05, 3.63) is 103 Å². The van der Waals surface area contributed by atoms with E-state index in [0.29, 0.717) is 31.9 Å². The molecule has 8 nitrogen and oxygen atoms in total. The third-order valence-electron chi connectivity index (χ3n) is 7.38. The number of imide groups is 1. The number of fused-ring (bicyclic) bond motifs is 2. The molecule has 1 aromatic heterocycles. The molecule has 14 heteroatoms. The first-order valence-corrected chi connectivity index (χ1v) is 15.2. The first-order valence-electron chi connectivity index (χ1n) is 13.1. The number of nitrogens with zero attached hydrogens (tertiary/aromatic N) is 2. The lowest BCUT2D eigenvalue weighted by atomic mass is 9.83. The molecule has 3 aromatic carbocycles. The van der Waals surface area contributed by atoms with Crippen LogP contribution in [0, 0.1) is 5.92 Å². The Balaban J connectivity index is 1.38. The quantitative estimate of drug-likeness (QED) is 0.254. The molecule has 3 atom stereocenters. The summed E-state index contributed by atoms with van der Waals surface area (Å²) in [6.45, 7) is -0.510. The van der Waals surface area contributed by atoms with E-state index < -0.39 is 58.0 Å². The highest BCUT2D eigenvalue weighted by atomic mass is 35.5. The molecule has 0 saturated carbocycles. The van der Waals surface area contributed by atoms with Crippen LogP contribution in [0.1, 0.15) is 21.9 Å². The molecule has 2 aliphatic rings. The molecule has 0 aliphatic carbocycles. The van der Waals surface area contributed by atoms with Crippen molar-refractivity contribution >= 4 is 63.8 Å². The number of methoxy groups -OCH3 is 1. The SMILES string of the molecule is COc1ccc([C@@H]2c3sc(=O)n(CC(=O)Nc4cccc(C(F)(F)F)c4)c3S[C@H]3C(=O)N(c4ccc(Cl)cc4)C(=O)[C@@H]23)cc1. The van der Waals surface area contributed by atoms with Gasteiger partial charge in [0.05, 0.1) is 29.3 Å². The number of ether oxygens (including phenoxy) is 1. The van der Waals surface area contributed by atoms with Crippen molar-refractivity contribution in [3.8, 4) is 5.75 Å². The molecule has 0 bridgehead atoms. The Labute approximate surface area is 261 Å². The molecular formula is C30H21ClF3N3O5S2. The topological polar surface area (TPSA) is 97.7 Å². The summed E-state index contributed by atoms with van der Waals surface area (Å²) in [5.74, 6) is -2.61. The second-order valence-corrected chi connectivity index (χ2v) is 12.6. The standard InChI is InChI=1S/C30H21ClF3N3O5S2/c1-42-20-11-5-15(6-12-20)22-23-24(27(40)37(26(23)39)19-9-7-17(31)8-10-19)43-28-25(22)44-29(41)36(28)14-21(38)35-18-4-2-3-16(13-18)30(32,33)34/h2-13,22-24H,14H2,1H3,(H,35,38)/t22-,23-,24+/m0/s1. The van der Waals surface area contributed by atoms with Crippen LogP contribution >= 0.6 is 34.7 Å². The second kappa shape index (κ2) is 11.5. The first-order chi connectivity index (χ1) is 21.0. The molecule has 1 fully saturated rings. The Bertz CT molecular complexity index is 1840. The monoisotopic (exact) mass is 659 g/mol. The maximum atomic E-state index is 13.9. The number of thiazole rings is 1. The number of alkyl halides is 3. The largest absolute Gasteiger partial charge is 0.497 e. The van der Waals surface area contributed by atoms with Gasteiger partial charge in [0.2, 0.25) is 17.7 Å². The second-order valence-electron chi connectivity index (χ2n) is 10.1. The van der Waals surface area contributed by atoms with E-state index in [1.165, 1.54) is 23.8 Å². The summed E-state index contributed by atoms with van der Waals surface area (Å²) in [6.07, 6.45) is -4.60. The van der Waals surface area contributed by atoms with Crippen LogP contribution in [0.3, 0.4) is 0 Å². The number of benzene rings is 3. The van der Waals surface area contributed by atoms with Crippen LogP contribution < -0.4 is 19.8 Å². The molecule has 226 valence electrons. The average molecular weight is 660 g/mol. The molecule has 2 aliphatic heterocycles. The van der Waals surface area contributed by atoms with Crippen LogP contribution in [0.2, 0.25) is 5.02 Å². The van der Waals surface area contributed by atoms with Crippen LogP contribution in [0.15, 0.2) is 82.6 Å². The van der Waals surface area contributed by atoms with Gasteiger partial charge in [-0.3, -0.25) is 23.7 Å². The van der Waals surface area contributed by atoms with Gasteiger partial charge >= 0.3 is 11.0 Å². The van der Waals surface area contributed by atoms with Crippen LogP contribution in [0.4, 0.5) is 24.5 Å². The van der Waals surface area contributed by atoms with Gasteiger partial charge in [-0.2, -0.15) is 13.2 Å². The van der Waals surface area contributed by atoms with Crippen LogP contribution in [0.5, 0.6) is 5.75 Å². The molecule has 0 radical (unpaired) electrons. The fourth-order valence-electron chi connectivity index (χ4n) is 5.39. The number of carbonyl (C=O) groups is 3. The van der Waals surface area contributed by atoms with E-state index in [-0.39, 0.29) is 5.69 Å². The summed E-state index contributed by atoms with van der Waals surface area (Å²) >= 11 is 7.92. The predicted octanol–water partition coefficient (Wildman–Crippen LogP) is 6.03. The zero-order valence-corrected chi connectivity index (χ0v) is 25.0. The van der Waals surface area contributed by atoms with Gasteiger partial charge in [0.25, 0.3) is 0 Å². The lowest BCUT2D eigenvalue weighted by Crippen LogP contribution is -2.33. The van der Waals surface area contributed by atoms with Crippen molar-refractivity contribution in [2.75, 3.05) is 17.3 Å². The summed E-state index contributed by atoms with van der Waals surface area (Å²) < 4.78 is 46.0. The molecule has 3 amide bonds. The molecule has 3 heterocycles. The molecule has 44 heavy (non-hydrogen) atoms. The lowest BCUT2D eigenvalue weighted by Gasteiger charge is -2.30. The Morgan fingerprint density at radius 3 is 2.36 bits per heavy atom. The number of carbonyl (C=O) groups excluding carboxylic acids is 3. The number of amides is 3. The van der Waals surface area contributed by atoms with Crippen LogP contribution in [-0.4, -0.2) is 34.6 Å². The maximum absolute atomic E-state index is 13.9. The Hall–Kier alpha value is -4.07. The van der Waals surface area contributed by atoms with E-state index >= 15 is 0 Å². The summed E-state index contributed by atoms with van der Waals surface area (Å²) in [5.41, 5.74) is 0.0114. The molecule has 0 spiro atoms. The van der Waals surface area contributed by atoms with Gasteiger partial charge in [0, 0.05) is 21.5 Å². The molecule has 1 saturated heterocycles. The molecule has 1 N–H and O–H groups in total. The predicted molar refractivity (Wildman–Crippen MR) is 161 cm³/mol. The summed E-state index contributed by atoms with van der Waals surface area (Å²) in [6, 6.07) is 17.4. The first kappa shape index (κ1) is 30.0. The fourth-order valence-corrected chi connectivity index (χ4v) is 8.29. The summed E-state index contributed by atoms with van der Waals surface area (Å²) in [5, 5.41) is 2.29. The smallest absolute Gasteiger partial charge is 0.416 e. The van der Waals surface area contributed by atoms with Gasteiger partial charge in [0.15, 0.2) is 0 Å². The zero-order chi connectivity index (χ0) is 31.3. The van der Waals surface area contributed by atoms with Crippen molar-refractivity contribution in [3.63, 3.8) is 0 Å². The number of aromatic nitrogens is 1. The van der Waals surface area contributed by atoms with Gasteiger partial charge in [-0.25, -0.2) is 4.90 Å². The highest BCUT2D eigenvalue weighted by Crippen LogP contribution is 2.54. The number of halogens is 4. The Morgan fingerprint density at radius 1 is 1.00 bits per heavy atom. The van der Waals surface area contributed by atoms with E-state index in [9.17, 15) is 32.3 Å². The minimum atomic E-state index is -4.60. The molecule has 0 unspecified atom stereocenters. The highest BCUT2D eigenvalue weighted by Gasteiger charge is 2.56. The van der Waals surface area contributed by atoms with E-state index in [1.807, 2.05) is 0 Å². The number of nitrogens with one attached hydrogen (secondary N) is 1. The van der Waals surface area contributed by atoms with E-state index in [0.717, 1.165) is 40.1 Å². The van der Waals surface area contributed by atoms with Crippen molar-refractivity contribution in [2.24, 2.45) is 5.92 Å². The summed E-state index contributed by atoms with van der Waals surface area (Å²) in [7, 11) is 1.51. The lowest BCUT2D eigenvalue weighted by molar-refractivity contribution is -0.137. The van der Waals surface area contributed by atoms with Crippen molar-refractivity contribution in [2.45, 2.75) is 28.9 Å². The van der Waals surface area contributed by atoms with E-state index in [1.54, 1.807) is 48.5 Å². The fraction of sp³-hybridized carbons (Fsp3) is 0.200. The number of hydrogen-bond acceptors (Lipinski definition) is 7. The Morgan fingerprint density at radius 2 is 1.70 bits per heavy atom. The van der Waals surface area contributed by atoms with Gasteiger partial charge in [-0.05, 0) is 60.2 Å². The summed E-state index contributed by atoms with van der Waals surface area (Å²) in [4.78, 5) is 55.1. The number of hydrogen-bond donors (Lipinski definition) is 1. The molecule has 6 rings (SSSR count). The number of rotatable bonds is 6. The zero-order valence-electron chi connectivity index (χ0n) is 22.6. The van der Waals surface area contributed by atoms with E-state index in [4.69, 9.17) is 16.3 Å². The third kappa shape index (κ3) is 5.39. The van der Waals surface area contributed by atoms with Crippen LogP contribution in [0.25, 0.3) is 0 Å². The Kier molecular flexibility index (Phi) is 7.80.